The Morgan fingerprint density at radius 2 is 2.00 bits per heavy atom. The van der Waals surface area contributed by atoms with E-state index in [1.54, 1.807) is 36.8 Å². The number of primary amides is 1. The summed E-state index contributed by atoms with van der Waals surface area (Å²) in [7, 11) is 0. The molecule has 0 saturated heterocycles. The summed E-state index contributed by atoms with van der Waals surface area (Å²) < 4.78 is 15.6. The van der Waals surface area contributed by atoms with E-state index in [2.05, 4.69) is 20.4 Å². The van der Waals surface area contributed by atoms with Gasteiger partial charge in [-0.25, -0.2) is 4.39 Å². The first-order chi connectivity index (χ1) is 13.5. The van der Waals surface area contributed by atoms with Gasteiger partial charge in [0, 0.05) is 28.7 Å². The topological polar surface area (TPSA) is 98.7 Å². The zero-order valence-electron chi connectivity index (χ0n) is 14.4. The minimum absolute atomic E-state index is 0.0384. The summed E-state index contributed by atoms with van der Waals surface area (Å²) >= 11 is 5.98. The van der Waals surface area contributed by atoms with Gasteiger partial charge >= 0.3 is 0 Å². The van der Waals surface area contributed by atoms with Crippen LogP contribution in [0.2, 0.25) is 5.02 Å². The predicted octanol–water partition coefficient (Wildman–Crippen LogP) is 3.51. The molecule has 0 atom stereocenters. The second-order valence-corrected chi connectivity index (χ2v) is 6.50. The van der Waals surface area contributed by atoms with Crippen LogP contribution in [-0.2, 0) is 11.3 Å². The summed E-state index contributed by atoms with van der Waals surface area (Å²) in [5.74, 6) is -0.907. The molecular formula is C19H14ClFN6O. The van der Waals surface area contributed by atoms with Crippen LogP contribution in [0.15, 0.2) is 55.0 Å². The van der Waals surface area contributed by atoms with Crippen molar-refractivity contribution < 1.29 is 9.18 Å². The highest BCUT2D eigenvalue weighted by Gasteiger charge is 2.11. The first-order valence-electron chi connectivity index (χ1n) is 8.28. The highest BCUT2D eigenvalue weighted by atomic mass is 35.5. The van der Waals surface area contributed by atoms with Crippen LogP contribution in [-0.4, -0.2) is 25.7 Å². The lowest BCUT2D eigenvalue weighted by molar-refractivity contribution is -0.118. The normalized spacial score (nSPS) is 10.9. The van der Waals surface area contributed by atoms with E-state index >= 15 is 0 Å². The van der Waals surface area contributed by atoms with Gasteiger partial charge in [-0.2, -0.15) is 5.10 Å². The summed E-state index contributed by atoms with van der Waals surface area (Å²) in [6, 6.07) is 9.53. The van der Waals surface area contributed by atoms with Crippen LogP contribution in [0.3, 0.4) is 0 Å². The molecule has 0 fully saturated rings. The third-order valence-electron chi connectivity index (χ3n) is 4.01. The molecule has 7 nitrogen and oxygen atoms in total. The van der Waals surface area contributed by atoms with E-state index in [9.17, 15) is 9.18 Å². The number of nitrogens with zero attached hydrogens (tertiary/aromatic N) is 4. The number of fused-ring (bicyclic) bond motifs is 1. The Morgan fingerprint density at radius 1 is 1.18 bits per heavy atom. The van der Waals surface area contributed by atoms with Crippen molar-refractivity contribution in [2.75, 3.05) is 5.32 Å². The number of carbonyl (C=O) groups excluding carboxylic acids is 1. The summed E-state index contributed by atoms with van der Waals surface area (Å²) in [4.78, 5) is 19.6. The van der Waals surface area contributed by atoms with Crippen LogP contribution in [0, 0.1) is 5.82 Å². The first kappa shape index (κ1) is 17.9. The maximum atomic E-state index is 14.2. The van der Waals surface area contributed by atoms with Crippen molar-refractivity contribution in [3.8, 4) is 11.3 Å². The molecule has 0 aliphatic rings. The molecule has 4 aromatic rings. The van der Waals surface area contributed by atoms with Gasteiger partial charge in [-0.05, 0) is 36.4 Å². The highest BCUT2D eigenvalue weighted by Crippen LogP contribution is 2.28. The molecule has 0 radical (unpaired) electrons. The Kier molecular flexibility index (Phi) is 4.62. The minimum atomic E-state index is -0.496. The molecule has 9 heteroatoms. The van der Waals surface area contributed by atoms with Crippen LogP contribution in [0.5, 0.6) is 0 Å². The van der Waals surface area contributed by atoms with Gasteiger partial charge in [0.2, 0.25) is 5.91 Å². The van der Waals surface area contributed by atoms with E-state index in [1.165, 1.54) is 22.9 Å². The quantitative estimate of drug-likeness (QED) is 0.537. The molecule has 0 aliphatic heterocycles. The monoisotopic (exact) mass is 396 g/mol. The Morgan fingerprint density at radius 3 is 2.82 bits per heavy atom. The van der Waals surface area contributed by atoms with E-state index in [0.29, 0.717) is 38.7 Å². The summed E-state index contributed by atoms with van der Waals surface area (Å²) in [5, 5.41) is 8.01. The van der Waals surface area contributed by atoms with Crippen LogP contribution in [0.4, 0.5) is 15.8 Å². The number of pyridine rings is 2. The van der Waals surface area contributed by atoms with Crippen molar-refractivity contribution >= 4 is 39.9 Å². The van der Waals surface area contributed by atoms with Crippen molar-refractivity contribution in [1.82, 2.24) is 19.7 Å². The number of hydrogen-bond donors (Lipinski definition) is 2. The van der Waals surface area contributed by atoms with Gasteiger partial charge < -0.3 is 11.1 Å². The molecule has 0 aliphatic carbocycles. The lowest BCUT2D eigenvalue weighted by atomic mass is 10.1. The maximum absolute atomic E-state index is 14.2. The number of nitrogens with one attached hydrogen (secondary N) is 1. The molecule has 0 spiro atoms. The van der Waals surface area contributed by atoms with Crippen molar-refractivity contribution in [2.24, 2.45) is 5.73 Å². The molecule has 0 saturated carbocycles. The summed E-state index contributed by atoms with van der Waals surface area (Å²) in [6.07, 6.45) is 4.84. The lowest BCUT2D eigenvalue weighted by Crippen LogP contribution is -2.18. The van der Waals surface area contributed by atoms with Gasteiger partial charge in [-0.1, -0.05) is 11.6 Å². The third kappa shape index (κ3) is 3.63. The second kappa shape index (κ2) is 7.24. The average molecular weight is 397 g/mol. The summed E-state index contributed by atoms with van der Waals surface area (Å²) in [5.41, 5.74) is 8.52. The van der Waals surface area contributed by atoms with Crippen LogP contribution >= 0.6 is 11.6 Å². The number of rotatable bonds is 5. The number of amides is 1. The summed E-state index contributed by atoms with van der Waals surface area (Å²) in [6.45, 7) is -0.0384. The number of anilines is 2. The van der Waals surface area contributed by atoms with Gasteiger partial charge in [0.15, 0.2) is 0 Å². The molecule has 4 rings (SSSR count). The van der Waals surface area contributed by atoms with E-state index in [1.807, 2.05) is 0 Å². The fraction of sp³-hybridized carbons (Fsp3) is 0.0526. The second-order valence-electron chi connectivity index (χ2n) is 6.06. The van der Waals surface area contributed by atoms with Crippen molar-refractivity contribution in [2.45, 2.75) is 6.54 Å². The zero-order valence-corrected chi connectivity index (χ0v) is 15.2. The average Bonchev–Trinajstić information content (AvgIpc) is 3.07. The van der Waals surface area contributed by atoms with Gasteiger partial charge in [-0.3, -0.25) is 19.4 Å². The number of hydrogen-bond acceptors (Lipinski definition) is 5. The van der Waals surface area contributed by atoms with Crippen LogP contribution in [0.1, 0.15) is 0 Å². The highest BCUT2D eigenvalue weighted by molar-refractivity contribution is 6.30. The standard InChI is InChI=1S/C19H14ClFN6O/c20-11-1-2-14(21)13(7-11)16-8-12(3-5-23-16)25-15-4-6-24-17-9-27(10-18(22)28)26-19(15)17/h1-9H,10H2,(H2,22,28)(H,23,25). The van der Waals surface area contributed by atoms with E-state index < -0.39 is 11.7 Å². The van der Waals surface area contributed by atoms with Gasteiger partial charge in [0.25, 0.3) is 0 Å². The number of nitrogens with two attached hydrogens (primary N) is 1. The smallest absolute Gasteiger partial charge is 0.239 e. The number of benzene rings is 1. The van der Waals surface area contributed by atoms with E-state index in [4.69, 9.17) is 17.3 Å². The zero-order chi connectivity index (χ0) is 19.7. The predicted molar refractivity (Wildman–Crippen MR) is 105 cm³/mol. The lowest BCUT2D eigenvalue weighted by Gasteiger charge is -2.09. The van der Waals surface area contributed by atoms with E-state index in [-0.39, 0.29) is 6.54 Å². The van der Waals surface area contributed by atoms with Crippen molar-refractivity contribution in [3.63, 3.8) is 0 Å². The third-order valence-corrected chi connectivity index (χ3v) is 4.25. The molecule has 3 N–H and O–H groups in total. The fourth-order valence-corrected chi connectivity index (χ4v) is 2.99. The van der Waals surface area contributed by atoms with Crippen LogP contribution < -0.4 is 11.1 Å². The molecule has 0 unspecified atom stereocenters. The molecule has 1 aromatic carbocycles. The largest absolute Gasteiger partial charge is 0.368 e. The fourth-order valence-electron chi connectivity index (χ4n) is 2.81. The van der Waals surface area contributed by atoms with Gasteiger partial charge in [0.05, 0.1) is 17.6 Å². The van der Waals surface area contributed by atoms with Crippen LogP contribution in [0.25, 0.3) is 22.3 Å². The first-order valence-corrected chi connectivity index (χ1v) is 8.66. The Balaban J connectivity index is 1.69. The molecule has 3 heterocycles. The van der Waals surface area contributed by atoms with E-state index in [0.717, 1.165) is 0 Å². The number of carbonyl (C=O) groups is 1. The Hall–Kier alpha value is -3.52. The number of aromatic nitrogens is 4. The van der Waals surface area contributed by atoms with Gasteiger partial charge in [0.1, 0.15) is 23.4 Å². The molecular weight excluding hydrogens is 383 g/mol. The SMILES string of the molecule is NC(=O)Cn1cc2nccc(Nc3ccnc(-c4cc(Cl)ccc4F)c3)c2n1. The van der Waals surface area contributed by atoms with Crippen molar-refractivity contribution in [1.29, 1.82) is 0 Å². The van der Waals surface area contributed by atoms with Gasteiger partial charge in [-0.15, -0.1) is 0 Å². The molecule has 3 aromatic heterocycles. The maximum Gasteiger partial charge on any atom is 0.239 e. The molecule has 0 bridgehead atoms. The Labute approximate surface area is 164 Å². The Bertz CT molecular complexity index is 1190. The minimum Gasteiger partial charge on any atom is -0.368 e. The van der Waals surface area contributed by atoms with Crippen molar-refractivity contribution in [3.05, 3.63) is 65.8 Å². The number of halogens is 2. The molecule has 140 valence electrons. The molecule has 28 heavy (non-hydrogen) atoms. The molecule has 1 amide bonds.